The van der Waals surface area contributed by atoms with Crippen LogP contribution in [0.3, 0.4) is 0 Å². The second-order valence-corrected chi connectivity index (χ2v) is 1.84. The van der Waals surface area contributed by atoms with Gasteiger partial charge in [-0.3, -0.25) is 9.59 Å². The molecule has 0 heterocycles. The number of carbonyl (C=O) groups excluding carboxylic acids is 2. The monoisotopic (exact) mass is 114 g/mol. The summed E-state index contributed by atoms with van der Waals surface area (Å²) in [6, 6.07) is 0. The lowest BCUT2D eigenvalue weighted by Gasteiger charge is -1.89. The Kier molecular flexibility index (Phi) is 1.13. The summed E-state index contributed by atoms with van der Waals surface area (Å²) < 4.78 is 0. The summed E-state index contributed by atoms with van der Waals surface area (Å²) in [6.45, 7) is 0. The van der Waals surface area contributed by atoms with Gasteiger partial charge in [0.1, 0.15) is 6.10 Å². The number of ketones is 2. The number of hydrogen-bond donors (Lipinski definition) is 1. The Balaban J connectivity index is 2.71. The van der Waals surface area contributed by atoms with Crippen molar-refractivity contribution >= 4 is 11.6 Å². The van der Waals surface area contributed by atoms with E-state index < -0.39 is 17.7 Å². The quantitative estimate of drug-likeness (QED) is 0.423. The SMILES string of the molecule is O=C1CCC(O)C1=O. The number of rotatable bonds is 0. The topological polar surface area (TPSA) is 54.4 Å². The number of Topliss-reactive ketones (excluding diaryl/α,β-unsaturated/α-hetero) is 2. The van der Waals surface area contributed by atoms with E-state index in [1.165, 1.54) is 0 Å². The first-order chi connectivity index (χ1) is 3.72. The molecular formula is C5H6O3. The molecule has 1 unspecified atom stereocenters. The molecule has 0 aromatic rings. The van der Waals surface area contributed by atoms with E-state index in [2.05, 4.69) is 0 Å². The molecule has 0 saturated heterocycles. The van der Waals surface area contributed by atoms with Crippen LogP contribution in [0.5, 0.6) is 0 Å². The third-order valence-corrected chi connectivity index (χ3v) is 1.22. The van der Waals surface area contributed by atoms with Crippen LogP contribution in [0.15, 0.2) is 0 Å². The van der Waals surface area contributed by atoms with Crippen LogP contribution in [-0.4, -0.2) is 22.8 Å². The normalized spacial score (nSPS) is 29.4. The molecule has 0 aromatic heterocycles. The van der Waals surface area contributed by atoms with Crippen molar-refractivity contribution in [2.45, 2.75) is 18.9 Å². The first-order valence-electron chi connectivity index (χ1n) is 2.47. The minimum atomic E-state index is -0.998. The van der Waals surface area contributed by atoms with Crippen molar-refractivity contribution < 1.29 is 14.7 Å². The van der Waals surface area contributed by atoms with Crippen molar-refractivity contribution in [3.8, 4) is 0 Å². The van der Waals surface area contributed by atoms with Crippen molar-refractivity contribution in [2.75, 3.05) is 0 Å². The predicted molar refractivity (Wildman–Crippen MR) is 25.3 cm³/mol. The molecule has 1 rings (SSSR count). The Hall–Kier alpha value is -0.700. The lowest BCUT2D eigenvalue weighted by atomic mass is 10.3. The van der Waals surface area contributed by atoms with Crippen LogP contribution in [0.4, 0.5) is 0 Å². The second kappa shape index (κ2) is 1.67. The third-order valence-electron chi connectivity index (χ3n) is 1.22. The van der Waals surface area contributed by atoms with Crippen LogP contribution in [0.25, 0.3) is 0 Å². The molecule has 1 saturated carbocycles. The van der Waals surface area contributed by atoms with Gasteiger partial charge in [-0.1, -0.05) is 0 Å². The maximum Gasteiger partial charge on any atom is 0.226 e. The molecule has 0 bridgehead atoms. The average Bonchev–Trinajstić information content (AvgIpc) is 1.98. The van der Waals surface area contributed by atoms with Crippen LogP contribution in [0.2, 0.25) is 0 Å². The van der Waals surface area contributed by atoms with E-state index in [0.29, 0.717) is 6.42 Å². The zero-order valence-electron chi connectivity index (χ0n) is 4.26. The second-order valence-electron chi connectivity index (χ2n) is 1.84. The van der Waals surface area contributed by atoms with Crippen molar-refractivity contribution in [1.82, 2.24) is 0 Å². The fourth-order valence-electron chi connectivity index (χ4n) is 0.708. The summed E-state index contributed by atoms with van der Waals surface area (Å²) in [7, 11) is 0. The van der Waals surface area contributed by atoms with Crippen molar-refractivity contribution in [2.24, 2.45) is 0 Å². The summed E-state index contributed by atoms with van der Waals surface area (Å²) in [6.07, 6.45) is -0.458. The van der Waals surface area contributed by atoms with Crippen molar-refractivity contribution in [1.29, 1.82) is 0 Å². The summed E-state index contributed by atoms with van der Waals surface area (Å²) in [5, 5.41) is 8.60. The largest absolute Gasteiger partial charge is 0.385 e. The summed E-state index contributed by atoms with van der Waals surface area (Å²) >= 11 is 0. The molecule has 44 valence electrons. The highest BCUT2D eigenvalue weighted by Crippen LogP contribution is 2.09. The van der Waals surface area contributed by atoms with Crippen LogP contribution >= 0.6 is 0 Å². The maximum atomic E-state index is 10.3. The van der Waals surface area contributed by atoms with E-state index in [9.17, 15) is 9.59 Å². The highest BCUT2D eigenvalue weighted by molar-refractivity contribution is 6.40. The first kappa shape index (κ1) is 5.44. The van der Waals surface area contributed by atoms with Gasteiger partial charge < -0.3 is 5.11 Å². The van der Waals surface area contributed by atoms with Gasteiger partial charge in [-0.25, -0.2) is 0 Å². The van der Waals surface area contributed by atoms with E-state index in [1.807, 2.05) is 0 Å². The molecule has 0 aromatic carbocycles. The number of aliphatic hydroxyl groups excluding tert-OH is 1. The van der Waals surface area contributed by atoms with E-state index in [-0.39, 0.29) is 6.42 Å². The smallest absolute Gasteiger partial charge is 0.226 e. The molecule has 0 spiro atoms. The zero-order chi connectivity index (χ0) is 6.15. The summed E-state index contributed by atoms with van der Waals surface area (Å²) in [5.41, 5.74) is 0. The Bertz CT molecular complexity index is 139. The molecule has 0 radical (unpaired) electrons. The Morgan fingerprint density at radius 2 is 2.12 bits per heavy atom. The van der Waals surface area contributed by atoms with Crippen LogP contribution in [0, 0.1) is 0 Å². The summed E-state index contributed by atoms with van der Waals surface area (Å²) in [4.78, 5) is 20.6. The molecule has 3 nitrogen and oxygen atoms in total. The standard InChI is InChI=1S/C5H6O3/c6-3-1-2-4(7)5(3)8/h3,6H,1-2H2. The van der Waals surface area contributed by atoms with Gasteiger partial charge in [0.25, 0.3) is 0 Å². The lowest BCUT2D eigenvalue weighted by molar-refractivity contribution is -0.137. The number of carbonyl (C=O) groups is 2. The van der Waals surface area contributed by atoms with Gasteiger partial charge in [0.15, 0.2) is 0 Å². The average molecular weight is 114 g/mol. The minimum absolute atomic E-state index is 0.222. The van der Waals surface area contributed by atoms with E-state index in [4.69, 9.17) is 5.11 Å². The Morgan fingerprint density at radius 1 is 1.50 bits per heavy atom. The first-order valence-corrected chi connectivity index (χ1v) is 2.47. The van der Waals surface area contributed by atoms with Gasteiger partial charge in [0.2, 0.25) is 11.6 Å². The Morgan fingerprint density at radius 3 is 2.25 bits per heavy atom. The fourth-order valence-corrected chi connectivity index (χ4v) is 0.708. The number of hydrogen-bond acceptors (Lipinski definition) is 3. The summed E-state index contributed by atoms with van der Waals surface area (Å²) in [5.74, 6) is -1.05. The molecular weight excluding hydrogens is 108 g/mol. The molecule has 1 aliphatic carbocycles. The molecule has 0 aliphatic heterocycles. The van der Waals surface area contributed by atoms with Gasteiger partial charge in [-0.05, 0) is 6.42 Å². The van der Waals surface area contributed by atoms with Gasteiger partial charge in [-0.15, -0.1) is 0 Å². The van der Waals surface area contributed by atoms with Crippen molar-refractivity contribution in [3.63, 3.8) is 0 Å². The highest BCUT2D eigenvalue weighted by atomic mass is 16.3. The van der Waals surface area contributed by atoms with Crippen LogP contribution in [0.1, 0.15) is 12.8 Å². The number of aliphatic hydroxyl groups is 1. The maximum absolute atomic E-state index is 10.3. The van der Waals surface area contributed by atoms with Crippen LogP contribution < -0.4 is 0 Å². The van der Waals surface area contributed by atoms with Gasteiger partial charge in [0.05, 0.1) is 0 Å². The minimum Gasteiger partial charge on any atom is -0.385 e. The van der Waals surface area contributed by atoms with E-state index >= 15 is 0 Å². The van der Waals surface area contributed by atoms with Crippen LogP contribution in [-0.2, 0) is 9.59 Å². The third kappa shape index (κ3) is 0.648. The van der Waals surface area contributed by atoms with E-state index in [0.717, 1.165) is 0 Å². The van der Waals surface area contributed by atoms with Crippen molar-refractivity contribution in [3.05, 3.63) is 0 Å². The Labute approximate surface area is 46.3 Å². The fraction of sp³-hybridized carbons (Fsp3) is 0.600. The highest BCUT2D eigenvalue weighted by Gasteiger charge is 2.29. The van der Waals surface area contributed by atoms with Gasteiger partial charge >= 0.3 is 0 Å². The zero-order valence-corrected chi connectivity index (χ0v) is 4.26. The molecule has 1 fully saturated rings. The predicted octanol–water partition coefficient (Wildman–Crippen LogP) is -0.721. The molecule has 8 heavy (non-hydrogen) atoms. The van der Waals surface area contributed by atoms with E-state index in [1.54, 1.807) is 0 Å². The molecule has 3 heteroatoms. The molecule has 1 aliphatic rings. The molecule has 1 N–H and O–H groups in total. The molecule has 0 amide bonds. The van der Waals surface area contributed by atoms with Gasteiger partial charge in [-0.2, -0.15) is 0 Å². The molecule has 1 atom stereocenters. The van der Waals surface area contributed by atoms with Gasteiger partial charge in [0, 0.05) is 6.42 Å². The lowest BCUT2D eigenvalue weighted by Crippen LogP contribution is -2.17.